The van der Waals surface area contributed by atoms with Crippen LogP contribution in [0.2, 0.25) is 0 Å². The number of nitro groups is 1. The topological polar surface area (TPSA) is 85.4 Å². The predicted molar refractivity (Wildman–Crippen MR) is 80.0 cm³/mol. The van der Waals surface area contributed by atoms with Crippen molar-refractivity contribution in [2.75, 3.05) is 13.2 Å². The molecular weight excluding hydrogens is 284 g/mol. The predicted octanol–water partition coefficient (Wildman–Crippen LogP) is 3.23. The highest BCUT2D eigenvalue weighted by Crippen LogP contribution is 2.27. The molecule has 0 bridgehead atoms. The first kappa shape index (κ1) is 15.3. The minimum absolute atomic E-state index is 0.0571. The van der Waals surface area contributed by atoms with Crippen LogP contribution >= 0.6 is 0 Å². The summed E-state index contributed by atoms with van der Waals surface area (Å²) in [5, 5.41) is 19.6. The maximum atomic E-state index is 11.0. The molecule has 0 aliphatic carbocycles. The molecule has 0 spiro atoms. The van der Waals surface area contributed by atoms with Crippen LogP contribution in [0.1, 0.15) is 11.1 Å². The minimum atomic E-state index is -0.468. The summed E-state index contributed by atoms with van der Waals surface area (Å²) in [5.41, 5.74) is 1.30. The van der Waals surface area contributed by atoms with Gasteiger partial charge in [-0.1, -0.05) is 6.07 Å². The summed E-state index contributed by atoms with van der Waals surface area (Å²) in [6, 6.07) is 13.5. The van der Waals surface area contributed by atoms with Crippen LogP contribution in [0.25, 0.3) is 0 Å². The van der Waals surface area contributed by atoms with E-state index >= 15 is 0 Å². The lowest BCUT2D eigenvalue weighted by Crippen LogP contribution is -2.10. The zero-order valence-corrected chi connectivity index (χ0v) is 12.0. The van der Waals surface area contributed by atoms with Crippen LogP contribution in [-0.4, -0.2) is 18.1 Å². The summed E-state index contributed by atoms with van der Waals surface area (Å²) in [7, 11) is 0. The summed E-state index contributed by atoms with van der Waals surface area (Å²) >= 11 is 0. The van der Waals surface area contributed by atoms with Gasteiger partial charge in [-0.15, -0.1) is 0 Å². The number of nitrogens with zero attached hydrogens (tertiary/aromatic N) is 2. The average molecular weight is 298 g/mol. The molecule has 0 amide bonds. The molecule has 0 atom stereocenters. The van der Waals surface area contributed by atoms with E-state index in [-0.39, 0.29) is 24.7 Å². The van der Waals surface area contributed by atoms with Crippen molar-refractivity contribution in [2.45, 2.75) is 6.92 Å². The molecule has 6 heteroatoms. The van der Waals surface area contributed by atoms with Crippen LogP contribution in [0.15, 0.2) is 42.5 Å². The van der Waals surface area contributed by atoms with Gasteiger partial charge in [0.2, 0.25) is 0 Å². The van der Waals surface area contributed by atoms with Crippen LogP contribution < -0.4 is 9.47 Å². The maximum absolute atomic E-state index is 11.0. The number of nitro benzene ring substituents is 1. The number of aryl methyl sites for hydroxylation is 1. The van der Waals surface area contributed by atoms with Gasteiger partial charge in [-0.2, -0.15) is 5.26 Å². The zero-order chi connectivity index (χ0) is 15.9. The smallest absolute Gasteiger partial charge is 0.311 e. The molecule has 0 N–H and O–H groups in total. The van der Waals surface area contributed by atoms with E-state index in [0.717, 1.165) is 5.56 Å². The van der Waals surface area contributed by atoms with Crippen molar-refractivity contribution in [1.82, 2.24) is 0 Å². The summed E-state index contributed by atoms with van der Waals surface area (Å²) in [5.74, 6) is 0.833. The lowest BCUT2D eigenvalue weighted by molar-refractivity contribution is -0.385. The molecule has 0 aromatic heterocycles. The fraction of sp³-hybridized carbons (Fsp3) is 0.188. The summed E-state index contributed by atoms with van der Waals surface area (Å²) < 4.78 is 10.8. The van der Waals surface area contributed by atoms with Gasteiger partial charge in [-0.05, 0) is 42.8 Å². The van der Waals surface area contributed by atoms with E-state index in [1.54, 1.807) is 43.3 Å². The Balaban J connectivity index is 1.88. The van der Waals surface area contributed by atoms with Crippen LogP contribution in [0.3, 0.4) is 0 Å². The Morgan fingerprint density at radius 3 is 2.45 bits per heavy atom. The molecule has 2 aromatic carbocycles. The molecule has 0 aliphatic heterocycles. The molecule has 22 heavy (non-hydrogen) atoms. The quantitative estimate of drug-likeness (QED) is 0.464. The highest BCUT2D eigenvalue weighted by atomic mass is 16.6. The van der Waals surface area contributed by atoms with Gasteiger partial charge < -0.3 is 9.47 Å². The summed E-state index contributed by atoms with van der Waals surface area (Å²) in [4.78, 5) is 10.5. The molecule has 2 rings (SSSR count). The van der Waals surface area contributed by atoms with Gasteiger partial charge >= 0.3 is 5.69 Å². The second-order valence-corrected chi connectivity index (χ2v) is 4.56. The third-order valence-corrected chi connectivity index (χ3v) is 2.90. The Morgan fingerprint density at radius 2 is 1.82 bits per heavy atom. The molecule has 0 saturated carbocycles. The normalized spacial score (nSPS) is 9.82. The first-order valence-electron chi connectivity index (χ1n) is 6.61. The van der Waals surface area contributed by atoms with E-state index in [1.165, 1.54) is 6.07 Å². The van der Waals surface area contributed by atoms with Crippen molar-refractivity contribution in [1.29, 1.82) is 5.26 Å². The molecule has 2 aromatic rings. The standard InChI is InChI=1S/C16H14N2O4/c1-12-2-7-16(15(10-12)18(19)20)22-9-8-21-14-5-3-13(11-17)4-6-14/h2-7,10H,8-9H2,1H3. The number of ether oxygens (including phenoxy) is 2. The lowest BCUT2D eigenvalue weighted by atomic mass is 10.2. The second kappa shape index (κ2) is 7.09. The Kier molecular flexibility index (Phi) is 4.94. The van der Waals surface area contributed by atoms with Crippen molar-refractivity contribution >= 4 is 5.69 Å². The minimum Gasteiger partial charge on any atom is -0.490 e. The molecule has 0 aliphatic rings. The largest absolute Gasteiger partial charge is 0.490 e. The third kappa shape index (κ3) is 3.96. The molecule has 0 fully saturated rings. The van der Waals surface area contributed by atoms with Crippen LogP contribution in [0.4, 0.5) is 5.69 Å². The van der Waals surface area contributed by atoms with Crippen LogP contribution in [0.5, 0.6) is 11.5 Å². The van der Waals surface area contributed by atoms with Gasteiger partial charge in [0.25, 0.3) is 0 Å². The van der Waals surface area contributed by atoms with E-state index in [4.69, 9.17) is 14.7 Å². The molecule has 0 saturated heterocycles. The van der Waals surface area contributed by atoms with Gasteiger partial charge in [0.05, 0.1) is 16.6 Å². The van der Waals surface area contributed by atoms with Gasteiger partial charge in [0, 0.05) is 6.07 Å². The number of benzene rings is 2. The first-order valence-corrected chi connectivity index (χ1v) is 6.61. The van der Waals surface area contributed by atoms with E-state index in [0.29, 0.717) is 11.3 Å². The van der Waals surface area contributed by atoms with Crippen molar-refractivity contribution in [3.63, 3.8) is 0 Å². The Hall–Kier alpha value is -3.07. The lowest BCUT2D eigenvalue weighted by Gasteiger charge is -2.09. The molecule has 0 unspecified atom stereocenters. The summed E-state index contributed by atoms with van der Waals surface area (Å²) in [6.45, 7) is 2.21. The average Bonchev–Trinajstić information content (AvgIpc) is 2.53. The number of rotatable bonds is 6. The Morgan fingerprint density at radius 1 is 1.14 bits per heavy atom. The maximum Gasteiger partial charge on any atom is 0.311 e. The van der Waals surface area contributed by atoms with Gasteiger partial charge in [0.15, 0.2) is 5.75 Å². The fourth-order valence-corrected chi connectivity index (χ4v) is 1.83. The third-order valence-electron chi connectivity index (χ3n) is 2.90. The number of hydrogen-bond donors (Lipinski definition) is 0. The highest BCUT2D eigenvalue weighted by molar-refractivity contribution is 5.48. The van der Waals surface area contributed by atoms with Gasteiger partial charge in [-0.25, -0.2) is 0 Å². The Bertz CT molecular complexity index is 705. The number of nitriles is 1. The Labute approximate surface area is 127 Å². The SMILES string of the molecule is Cc1ccc(OCCOc2ccc(C#N)cc2)c([N+](=O)[O-])c1. The van der Waals surface area contributed by atoms with Crippen LogP contribution in [-0.2, 0) is 0 Å². The van der Waals surface area contributed by atoms with Crippen LogP contribution in [0, 0.1) is 28.4 Å². The van der Waals surface area contributed by atoms with Crippen molar-refractivity contribution in [3.05, 3.63) is 63.7 Å². The zero-order valence-electron chi connectivity index (χ0n) is 12.0. The molecule has 112 valence electrons. The molecule has 6 nitrogen and oxygen atoms in total. The molecule has 0 heterocycles. The van der Waals surface area contributed by atoms with E-state index < -0.39 is 4.92 Å². The van der Waals surface area contributed by atoms with Crippen molar-refractivity contribution in [2.24, 2.45) is 0 Å². The van der Waals surface area contributed by atoms with Gasteiger partial charge in [-0.3, -0.25) is 10.1 Å². The highest BCUT2D eigenvalue weighted by Gasteiger charge is 2.14. The van der Waals surface area contributed by atoms with E-state index in [9.17, 15) is 10.1 Å². The number of hydrogen-bond acceptors (Lipinski definition) is 5. The van der Waals surface area contributed by atoms with Gasteiger partial charge in [0.1, 0.15) is 19.0 Å². The molecule has 0 radical (unpaired) electrons. The van der Waals surface area contributed by atoms with E-state index in [1.807, 2.05) is 6.07 Å². The monoisotopic (exact) mass is 298 g/mol. The second-order valence-electron chi connectivity index (χ2n) is 4.56. The molecular formula is C16H14N2O4. The van der Waals surface area contributed by atoms with E-state index in [2.05, 4.69) is 0 Å². The fourth-order valence-electron chi connectivity index (χ4n) is 1.83. The summed E-state index contributed by atoms with van der Waals surface area (Å²) in [6.07, 6.45) is 0. The first-order chi connectivity index (χ1) is 10.6. The van der Waals surface area contributed by atoms with Crippen molar-refractivity contribution < 1.29 is 14.4 Å². The van der Waals surface area contributed by atoms with Crippen molar-refractivity contribution in [3.8, 4) is 17.6 Å².